The number of alkyl halides is 1. The highest BCUT2D eigenvalue weighted by Gasteiger charge is 2.13. The van der Waals surface area contributed by atoms with E-state index >= 15 is 0 Å². The lowest BCUT2D eigenvalue weighted by Crippen LogP contribution is -2.42. The van der Waals surface area contributed by atoms with Gasteiger partial charge in [0.1, 0.15) is 11.6 Å². The van der Waals surface area contributed by atoms with E-state index in [4.69, 9.17) is 27.9 Å². The Hall–Kier alpha value is -1.46. The molecular weight excluding hydrogens is 267 g/mol. The van der Waals surface area contributed by atoms with Crippen LogP contribution in [0, 0.1) is 0 Å². The second-order valence-electron chi connectivity index (χ2n) is 2.98. The number of amides is 2. The predicted molar refractivity (Wildman–Crippen MR) is 64.3 cm³/mol. The smallest absolute Gasteiger partial charge is 0.273 e. The molecule has 92 valence electrons. The van der Waals surface area contributed by atoms with E-state index in [-0.39, 0.29) is 11.4 Å². The van der Waals surface area contributed by atoms with Gasteiger partial charge in [0, 0.05) is 5.02 Å². The molecule has 2 amide bonds. The molecule has 1 aromatic rings. The van der Waals surface area contributed by atoms with Crippen LogP contribution in [-0.2, 0) is 4.79 Å². The van der Waals surface area contributed by atoms with Crippen LogP contribution in [0.3, 0.4) is 0 Å². The van der Waals surface area contributed by atoms with Gasteiger partial charge < -0.3 is 4.74 Å². The van der Waals surface area contributed by atoms with Gasteiger partial charge in [0.15, 0.2) is 0 Å². The summed E-state index contributed by atoms with van der Waals surface area (Å²) in [7, 11) is 1.43. The molecule has 1 rings (SSSR count). The normalized spacial score (nSPS) is 9.59. The highest BCUT2D eigenvalue weighted by atomic mass is 35.5. The van der Waals surface area contributed by atoms with Crippen LogP contribution in [-0.4, -0.2) is 24.8 Å². The van der Waals surface area contributed by atoms with Crippen molar-refractivity contribution in [2.75, 3.05) is 13.0 Å². The molecule has 2 N–H and O–H groups in total. The van der Waals surface area contributed by atoms with Gasteiger partial charge in [-0.1, -0.05) is 11.6 Å². The van der Waals surface area contributed by atoms with Gasteiger partial charge in [-0.25, -0.2) is 0 Å². The van der Waals surface area contributed by atoms with Gasteiger partial charge in [-0.2, -0.15) is 0 Å². The standard InChI is InChI=1S/C10H10Cl2N2O3/c1-17-8-3-2-6(12)4-7(8)10(16)14-13-9(15)5-11/h2-4H,5H2,1H3,(H,13,15)(H,14,16). The Morgan fingerprint density at radius 1 is 1.35 bits per heavy atom. The molecule has 0 aliphatic rings. The first kappa shape index (κ1) is 13.6. The van der Waals surface area contributed by atoms with Crippen molar-refractivity contribution in [1.29, 1.82) is 0 Å². The minimum absolute atomic E-state index is 0.217. The Kier molecular flexibility index (Phi) is 5.06. The molecule has 7 heteroatoms. The Bertz CT molecular complexity index is 438. The third-order valence-electron chi connectivity index (χ3n) is 1.84. The van der Waals surface area contributed by atoms with Crippen molar-refractivity contribution in [1.82, 2.24) is 10.9 Å². The first-order chi connectivity index (χ1) is 8.08. The van der Waals surface area contributed by atoms with Gasteiger partial charge in [0.25, 0.3) is 11.8 Å². The molecule has 0 saturated heterocycles. The highest BCUT2D eigenvalue weighted by molar-refractivity contribution is 6.31. The van der Waals surface area contributed by atoms with Crippen LogP contribution in [0.15, 0.2) is 18.2 Å². The molecule has 0 aliphatic carbocycles. The van der Waals surface area contributed by atoms with Gasteiger partial charge in [-0.15, -0.1) is 11.6 Å². The third kappa shape index (κ3) is 3.80. The second kappa shape index (κ2) is 6.32. The fourth-order valence-electron chi connectivity index (χ4n) is 1.08. The van der Waals surface area contributed by atoms with Gasteiger partial charge in [-0.05, 0) is 18.2 Å². The Morgan fingerprint density at radius 3 is 2.65 bits per heavy atom. The number of benzene rings is 1. The summed E-state index contributed by atoms with van der Waals surface area (Å²) in [5.74, 6) is -0.941. The summed E-state index contributed by atoms with van der Waals surface area (Å²) in [6.07, 6.45) is 0. The fraction of sp³-hybridized carbons (Fsp3) is 0.200. The van der Waals surface area contributed by atoms with E-state index in [1.165, 1.54) is 13.2 Å². The number of hydrazine groups is 1. The average Bonchev–Trinajstić information content (AvgIpc) is 2.35. The number of methoxy groups -OCH3 is 1. The summed E-state index contributed by atoms with van der Waals surface area (Å²) in [6.45, 7) is 0. The molecule has 0 unspecified atom stereocenters. The Balaban J connectivity index is 2.80. The molecular formula is C10H10Cl2N2O3. The largest absolute Gasteiger partial charge is 0.496 e. The van der Waals surface area contributed by atoms with E-state index in [0.717, 1.165) is 0 Å². The number of hydrogen-bond acceptors (Lipinski definition) is 3. The lowest BCUT2D eigenvalue weighted by Gasteiger charge is -2.09. The topological polar surface area (TPSA) is 67.4 Å². The molecule has 5 nitrogen and oxygen atoms in total. The van der Waals surface area contributed by atoms with E-state index in [1.807, 2.05) is 0 Å². The zero-order valence-electron chi connectivity index (χ0n) is 8.92. The zero-order chi connectivity index (χ0) is 12.8. The summed E-state index contributed by atoms with van der Waals surface area (Å²) < 4.78 is 5.00. The van der Waals surface area contributed by atoms with Gasteiger partial charge in [0.05, 0.1) is 12.7 Å². The summed E-state index contributed by atoms with van der Waals surface area (Å²) in [4.78, 5) is 22.5. The van der Waals surface area contributed by atoms with Crippen LogP contribution >= 0.6 is 23.2 Å². The lowest BCUT2D eigenvalue weighted by molar-refractivity contribution is -0.119. The van der Waals surface area contributed by atoms with Crippen molar-refractivity contribution in [3.8, 4) is 5.75 Å². The van der Waals surface area contributed by atoms with Gasteiger partial charge >= 0.3 is 0 Å². The first-order valence-electron chi connectivity index (χ1n) is 4.57. The van der Waals surface area contributed by atoms with Crippen LogP contribution < -0.4 is 15.6 Å². The van der Waals surface area contributed by atoms with E-state index < -0.39 is 11.8 Å². The molecule has 17 heavy (non-hydrogen) atoms. The summed E-state index contributed by atoms with van der Waals surface area (Å²) in [5, 5.41) is 0.389. The van der Waals surface area contributed by atoms with Crippen LogP contribution in [0.2, 0.25) is 5.02 Å². The van der Waals surface area contributed by atoms with Crippen LogP contribution in [0.4, 0.5) is 0 Å². The maximum absolute atomic E-state index is 11.7. The van der Waals surface area contributed by atoms with Crippen molar-refractivity contribution < 1.29 is 14.3 Å². The first-order valence-corrected chi connectivity index (χ1v) is 5.48. The van der Waals surface area contributed by atoms with Crippen LogP contribution in [0.25, 0.3) is 0 Å². The molecule has 0 aliphatic heterocycles. The highest BCUT2D eigenvalue weighted by Crippen LogP contribution is 2.22. The monoisotopic (exact) mass is 276 g/mol. The Labute approximate surface area is 108 Å². The number of hydrogen-bond donors (Lipinski definition) is 2. The van der Waals surface area contributed by atoms with E-state index in [2.05, 4.69) is 10.9 Å². The number of carbonyl (C=O) groups excluding carboxylic acids is 2. The third-order valence-corrected chi connectivity index (χ3v) is 2.32. The maximum atomic E-state index is 11.7. The van der Waals surface area contributed by atoms with Crippen molar-refractivity contribution in [3.05, 3.63) is 28.8 Å². The lowest BCUT2D eigenvalue weighted by atomic mass is 10.2. The van der Waals surface area contributed by atoms with Crippen molar-refractivity contribution in [3.63, 3.8) is 0 Å². The summed E-state index contributed by atoms with van der Waals surface area (Å²) in [5.41, 5.74) is 4.54. The molecule has 0 spiro atoms. The fourth-order valence-corrected chi connectivity index (χ4v) is 1.32. The zero-order valence-corrected chi connectivity index (χ0v) is 10.4. The number of nitrogens with one attached hydrogen (secondary N) is 2. The molecule has 0 fully saturated rings. The minimum Gasteiger partial charge on any atom is -0.496 e. The van der Waals surface area contributed by atoms with Crippen LogP contribution in [0.1, 0.15) is 10.4 Å². The number of carbonyl (C=O) groups is 2. The minimum atomic E-state index is -0.539. The van der Waals surface area contributed by atoms with Crippen molar-refractivity contribution >= 4 is 35.0 Å². The molecule has 1 aromatic carbocycles. The average molecular weight is 277 g/mol. The number of ether oxygens (including phenoxy) is 1. The van der Waals surface area contributed by atoms with E-state index in [9.17, 15) is 9.59 Å². The number of halogens is 2. The quantitative estimate of drug-likeness (QED) is 0.647. The van der Waals surface area contributed by atoms with E-state index in [0.29, 0.717) is 10.8 Å². The van der Waals surface area contributed by atoms with Gasteiger partial charge in [0.2, 0.25) is 0 Å². The number of rotatable bonds is 3. The molecule has 0 aromatic heterocycles. The second-order valence-corrected chi connectivity index (χ2v) is 3.68. The predicted octanol–water partition coefficient (Wildman–Crippen LogP) is 1.35. The Morgan fingerprint density at radius 2 is 2.06 bits per heavy atom. The van der Waals surface area contributed by atoms with Gasteiger partial charge in [-0.3, -0.25) is 20.4 Å². The SMILES string of the molecule is COc1ccc(Cl)cc1C(=O)NNC(=O)CCl. The van der Waals surface area contributed by atoms with Crippen molar-refractivity contribution in [2.24, 2.45) is 0 Å². The molecule has 0 radical (unpaired) electrons. The molecule has 0 bridgehead atoms. The molecule has 0 heterocycles. The summed E-state index contributed by atoms with van der Waals surface area (Å²) in [6, 6.07) is 4.58. The van der Waals surface area contributed by atoms with E-state index in [1.54, 1.807) is 12.1 Å². The molecule has 0 saturated carbocycles. The van der Waals surface area contributed by atoms with Crippen LogP contribution in [0.5, 0.6) is 5.75 Å². The summed E-state index contributed by atoms with van der Waals surface area (Å²) >= 11 is 11.0. The molecule has 0 atom stereocenters. The van der Waals surface area contributed by atoms with Crippen molar-refractivity contribution in [2.45, 2.75) is 0 Å². The maximum Gasteiger partial charge on any atom is 0.273 e.